The van der Waals surface area contributed by atoms with Crippen LogP contribution in [0.3, 0.4) is 0 Å². The van der Waals surface area contributed by atoms with Gasteiger partial charge in [-0.2, -0.15) is 18.2 Å². The molecule has 0 radical (unpaired) electrons. The Morgan fingerprint density at radius 2 is 1.90 bits per heavy atom. The smallest absolute Gasteiger partial charge is 0.416 e. The van der Waals surface area contributed by atoms with Gasteiger partial charge in [0.25, 0.3) is 5.56 Å². The molecule has 12 heteroatoms. The van der Waals surface area contributed by atoms with Crippen molar-refractivity contribution >= 4 is 22.5 Å². The molecule has 0 unspecified atom stereocenters. The van der Waals surface area contributed by atoms with E-state index in [1.807, 2.05) is 6.92 Å². The summed E-state index contributed by atoms with van der Waals surface area (Å²) in [6, 6.07) is 4.20. The summed E-state index contributed by atoms with van der Waals surface area (Å²) in [6.45, 7) is 1.96. The fourth-order valence-corrected chi connectivity index (χ4v) is 3.88. The van der Waals surface area contributed by atoms with Gasteiger partial charge in [-0.05, 0) is 25.1 Å². The van der Waals surface area contributed by atoms with Gasteiger partial charge in [-0.15, -0.1) is 11.3 Å². The van der Waals surface area contributed by atoms with Gasteiger partial charge in [0.05, 0.1) is 12.1 Å². The number of imidazole rings is 1. The standard InChI is InChI=1S/C19H16F3N5O3S/c1-10-8-23-13(31-10)9-27-14-15(25(2)18(29)26(3)16(14)28)24-17(27)30-12-6-4-5-11(7-12)19(20,21)22/h4-8H,9H2,1-3H3. The Morgan fingerprint density at radius 1 is 1.16 bits per heavy atom. The van der Waals surface area contributed by atoms with E-state index in [1.54, 1.807) is 6.20 Å². The highest BCUT2D eigenvalue weighted by molar-refractivity contribution is 7.11. The SMILES string of the molecule is Cc1cnc(Cn2c(Oc3cccc(C(F)(F)F)c3)nc3c2c(=O)n(C)c(=O)n3C)s1. The van der Waals surface area contributed by atoms with Crippen LogP contribution in [0.25, 0.3) is 11.2 Å². The summed E-state index contributed by atoms with van der Waals surface area (Å²) in [5.41, 5.74) is -1.93. The van der Waals surface area contributed by atoms with Gasteiger partial charge in [0.15, 0.2) is 11.2 Å². The number of halogens is 3. The molecule has 0 fully saturated rings. The van der Waals surface area contributed by atoms with E-state index < -0.39 is 23.0 Å². The minimum absolute atomic E-state index is 0.0587. The van der Waals surface area contributed by atoms with Gasteiger partial charge in [-0.25, -0.2) is 9.78 Å². The zero-order valence-corrected chi connectivity index (χ0v) is 17.4. The Kier molecular flexibility index (Phi) is 4.96. The van der Waals surface area contributed by atoms with Crippen LogP contribution in [-0.2, 0) is 26.8 Å². The Balaban J connectivity index is 1.91. The van der Waals surface area contributed by atoms with Gasteiger partial charge in [0.2, 0.25) is 0 Å². The summed E-state index contributed by atoms with van der Waals surface area (Å²) in [5.74, 6) is -0.108. The quantitative estimate of drug-likeness (QED) is 0.476. The number of benzene rings is 1. The van der Waals surface area contributed by atoms with Crippen molar-refractivity contribution in [3.8, 4) is 11.8 Å². The molecule has 3 heterocycles. The monoisotopic (exact) mass is 451 g/mol. The van der Waals surface area contributed by atoms with E-state index in [2.05, 4.69) is 9.97 Å². The molecule has 0 N–H and O–H groups in total. The molecule has 0 saturated heterocycles. The number of hydrogen-bond acceptors (Lipinski definition) is 6. The van der Waals surface area contributed by atoms with Gasteiger partial charge in [-0.1, -0.05) is 6.07 Å². The van der Waals surface area contributed by atoms with E-state index in [1.165, 1.54) is 46.7 Å². The largest absolute Gasteiger partial charge is 0.425 e. The lowest BCUT2D eigenvalue weighted by atomic mass is 10.2. The first-order valence-electron chi connectivity index (χ1n) is 8.99. The van der Waals surface area contributed by atoms with Crippen LogP contribution in [0.5, 0.6) is 11.8 Å². The van der Waals surface area contributed by atoms with E-state index in [4.69, 9.17) is 4.74 Å². The van der Waals surface area contributed by atoms with Gasteiger partial charge >= 0.3 is 17.9 Å². The number of aryl methyl sites for hydroxylation is 2. The van der Waals surface area contributed by atoms with Gasteiger partial charge in [-0.3, -0.25) is 18.5 Å². The summed E-state index contributed by atoms with van der Waals surface area (Å²) in [7, 11) is 2.78. The molecule has 0 atom stereocenters. The normalized spacial score (nSPS) is 11.9. The van der Waals surface area contributed by atoms with Crippen molar-refractivity contribution in [2.24, 2.45) is 14.1 Å². The second-order valence-electron chi connectivity index (χ2n) is 6.85. The Hall–Kier alpha value is -3.41. The number of hydrogen-bond donors (Lipinski definition) is 0. The molecule has 4 rings (SSSR count). The maximum absolute atomic E-state index is 13.1. The first kappa shape index (κ1) is 20.8. The summed E-state index contributed by atoms with van der Waals surface area (Å²) in [6.07, 6.45) is -2.88. The Bertz CT molecular complexity index is 1410. The highest BCUT2D eigenvalue weighted by Gasteiger charge is 2.31. The van der Waals surface area contributed by atoms with E-state index in [0.29, 0.717) is 5.01 Å². The number of nitrogens with zero attached hydrogens (tertiary/aromatic N) is 5. The second-order valence-corrected chi connectivity index (χ2v) is 8.17. The van der Waals surface area contributed by atoms with Crippen molar-refractivity contribution in [2.75, 3.05) is 0 Å². The van der Waals surface area contributed by atoms with Crippen LogP contribution < -0.4 is 16.0 Å². The highest BCUT2D eigenvalue weighted by Crippen LogP contribution is 2.33. The topological polar surface area (TPSA) is 83.9 Å². The fourth-order valence-electron chi connectivity index (χ4n) is 3.10. The Labute approximate surface area is 176 Å². The molecule has 0 aliphatic carbocycles. The van der Waals surface area contributed by atoms with Crippen molar-refractivity contribution in [3.05, 3.63) is 66.7 Å². The zero-order valence-electron chi connectivity index (χ0n) is 16.6. The molecular weight excluding hydrogens is 435 g/mol. The first-order chi connectivity index (χ1) is 14.6. The summed E-state index contributed by atoms with van der Waals surface area (Å²) < 4.78 is 48.4. The number of ether oxygens (including phenoxy) is 1. The van der Waals surface area contributed by atoms with Crippen LogP contribution in [0.1, 0.15) is 15.4 Å². The summed E-state index contributed by atoms with van der Waals surface area (Å²) >= 11 is 1.39. The zero-order chi connectivity index (χ0) is 22.5. The molecular formula is C19H16F3N5O3S. The molecule has 1 aromatic carbocycles. The van der Waals surface area contributed by atoms with Gasteiger partial charge in [0, 0.05) is 25.2 Å². The lowest BCUT2D eigenvalue weighted by Crippen LogP contribution is -2.37. The predicted molar refractivity (Wildman–Crippen MR) is 108 cm³/mol. The van der Waals surface area contributed by atoms with Crippen molar-refractivity contribution in [2.45, 2.75) is 19.6 Å². The van der Waals surface area contributed by atoms with Crippen molar-refractivity contribution in [3.63, 3.8) is 0 Å². The molecule has 0 bridgehead atoms. The minimum Gasteiger partial charge on any atom is -0.425 e. The molecule has 31 heavy (non-hydrogen) atoms. The van der Waals surface area contributed by atoms with E-state index in [-0.39, 0.29) is 29.5 Å². The predicted octanol–water partition coefficient (Wildman–Crippen LogP) is 3.06. The van der Waals surface area contributed by atoms with E-state index >= 15 is 0 Å². The number of alkyl halides is 3. The summed E-state index contributed by atoms with van der Waals surface area (Å²) in [5, 5.41) is 0.640. The first-order valence-corrected chi connectivity index (χ1v) is 9.80. The molecule has 4 aromatic rings. The van der Waals surface area contributed by atoms with Crippen LogP contribution in [-0.4, -0.2) is 23.7 Å². The van der Waals surface area contributed by atoms with Gasteiger partial charge in [0.1, 0.15) is 10.8 Å². The highest BCUT2D eigenvalue weighted by atomic mass is 32.1. The fraction of sp³-hybridized carbons (Fsp3) is 0.263. The second kappa shape index (κ2) is 7.38. The molecule has 0 saturated carbocycles. The van der Waals surface area contributed by atoms with Crippen molar-refractivity contribution < 1.29 is 17.9 Å². The third-order valence-electron chi connectivity index (χ3n) is 4.65. The maximum Gasteiger partial charge on any atom is 0.416 e. The van der Waals surface area contributed by atoms with Crippen molar-refractivity contribution in [1.29, 1.82) is 0 Å². The average Bonchev–Trinajstić information content (AvgIpc) is 3.28. The maximum atomic E-state index is 13.1. The van der Waals surface area contributed by atoms with Crippen LogP contribution in [0.2, 0.25) is 0 Å². The number of aromatic nitrogens is 5. The lowest BCUT2D eigenvalue weighted by Gasteiger charge is -2.11. The molecule has 3 aromatic heterocycles. The molecule has 0 amide bonds. The summed E-state index contributed by atoms with van der Waals surface area (Å²) in [4.78, 5) is 34.6. The van der Waals surface area contributed by atoms with Crippen LogP contribution >= 0.6 is 11.3 Å². The van der Waals surface area contributed by atoms with Crippen LogP contribution in [0.15, 0.2) is 40.1 Å². The lowest BCUT2D eigenvalue weighted by molar-refractivity contribution is -0.137. The number of fused-ring (bicyclic) bond motifs is 1. The third kappa shape index (κ3) is 3.74. The van der Waals surface area contributed by atoms with E-state index in [0.717, 1.165) is 21.6 Å². The molecule has 0 aliphatic heterocycles. The third-order valence-corrected chi connectivity index (χ3v) is 5.54. The Morgan fingerprint density at radius 3 is 2.55 bits per heavy atom. The minimum atomic E-state index is -4.54. The van der Waals surface area contributed by atoms with E-state index in [9.17, 15) is 22.8 Å². The molecule has 162 valence electrons. The van der Waals surface area contributed by atoms with Crippen LogP contribution in [0.4, 0.5) is 13.2 Å². The average molecular weight is 451 g/mol. The number of rotatable bonds is 4. The molecule has 0 aliphatic rings. The molecule has 0 spiro atoms. The van der Waals surface area contributed by atoms with Crippen molar-refractivity contribution in [1.82, 2.24) is 23.7 Å². The van der Waals surface area contributed by atoms with Crippen LogP contribution in [0, 0.1) is 6.92 Å². The van der Waals surface area contributed by atoms with Gasteiger partial charge < -0.3 is 4.74 Å². The number of thiazole rings is 1. The molecule has 8 nitrogen and oxygen atoms in total.